The lowest BCUT2D eigenvalue weighted by molar-refractivity contribution is 0.282. The van der Waals surface area contributed by atoms with Crippen molar-refractivity contribution in [3.63, 3.8) is 0 Å². The van der Waals surface area contributed by atoms with E-state index in [4.69, 9.17) is 10.8 Å². The zero-order valence-corrected chi connectivity index (χ0v) is 7.31. The maximum atomic E-state index is 8.48. The molecule has 11 heavy (non-hydrogen) atoms. The molecule has 0 unspecified atom stereocenters. The summed E-state index contributed by atoms with van der Waals surface area (Å²) in [6.45, 7) is 0.920. The highest BCUT2D eigenvalue weighted by Crippen LogP contribution is 2.05. The lowest BCUT2D eigenvalue weighted by atomic mass is 10.1. The average molecular weight is 158 g/mol. The molecular weight excluding hydrogens is 138 g/mol. The van der Waals surface area contributed by atoms with E-state index >= 15 is 0 Å². The van der Waals surface area contributed by atoms with E-state index in [0.29, 0.717) is 13.2 Å². The normalized spacial score (nSPS) is 10.4. The molecule has 0 aliphatic rings. The van der Waals surface area contributed by atoms with Crippen molar-refractivity contribution in [3.8, 4) is 0 Å². The molecule has 67 valence electrons. The van der Waals surface area contributed by atoms with E-state index in [2.05, 4.69) is 0 Å². The standard InChI is InChI=1S/C9H20NO/c10-8-6-4-2-1-3-5-7-9-11/h10-11H,1-9H2. The van der Waals surface area contributed by atoms with E-state index in [1.54, 1.807) is 0 Å². The molecular formula is C9H20NO. The van der Waals surface area contributed by atoms with Crippen molar-refractivity contribution in [1.82, 2.24) is 5.73 Å². The molecule has 0 fully saturated rings. The van der Waals surface area contributed by atoms with E-state index in [9.17, 15) is 0 Å². The molecule has 1 radical (unpaired) electrons. The molecule has 0 aliphatic heterocycles. The van der Waals surface area contributed by atoms with E-state index < -0.39 is 0 Å². The number of aliphatic hydroxyl groups excluding tert-OH is 1. The van der Waals surface area contributed by atoms with Crippen molar-refractivity contribution < 1.29 is 5.11 Å². The van der Waals surface area contributed by atoms with Gasteiger partial charge in [-0.3, -0.25) is 5.73 Å². The Morgan fingerprint density at radius 1 is 0.727 bits per heavy atom. The van der Waals surface area contributed by atoms with Crippen molar-refractivity contribution in [2.75, 3.05) is 13.2 Å². The van der Waals surface area contributed by atoms with E-state index in [1.807, 2.05) is 0 Å². The van der Waals surface area contributed by atoms with Crippen LogP contribution in [0, 0.1) is 0 Å². The minimum Gasteiger partial charge on any atom is -0.396 e. The molecule has 0 aromatic rings. The van der Waals surface area contributed by atoms with E-state index in [-0.39, 0.29) is 0 Å². The molecule has 0 aliphatic carbocycles. The first-order valence-electron chi connectivity index (χ1n) is 4.67. The topological polar surface area (TPSA) is 44.0 Å². The fraction of sp³-hybridized carbons (Fsp3) is 1.00. The summed E-state index contributed by atoms with van der Waals surface area (Å²) < 4.78 is 0. The Hall–Kier alpha value is -0.0800. The number of aliphatic hydroxyl groups is 1. The summed E-state index contributed by atoms with van der Waals surface area (Å²) in [7, 11) is 0. The van der Waals surface area contributed by atoms with Crippen LogP contribution < -0.4 is 5.73 Å². The molecule has 0 atom stereocenters. The maximum absolute atomic E-state index is 8.48. The fourth-order valence-corrected chi connectivity index (χ4v) is 1.12. The van der Waals surface area contributed by atoms with Gasteiger partial charge in [-0.15, -0.1) is 0 Å². The van der Waals surface area contributed by atoms with Gasteiger partial charge in [0.05, 0.1) is 0 Å². The molecule has 0 aromatic heterocycles. The molecule has 0 aromatic carbocycles. The zero-order chi connectivity index (χ0) is 8.36. The highest BCUT2D eigenvalue weighted by Gasteiger charge is 1.89. The maximum Gasteiger partial charge on any atom is 0.0431 e. The van der Waals surface area contributed by atoms with Gasteiger partial charge < -0.3 is 5.11 Å². The molecule has 0 amide bonds. The molecule has 2 N–H and O–H groups in total. The first kappa shape index (κ1) is 10.9. The van der Waals surface area contributed by atoms with Gasteiger partial charge in [-0.2, -0.15) is 0 Å². The molecule has 0 heterocycles. The summed E-state index contributed by atoms with van der Waals surface area (Å²) >= 11 is 0. The molecule has 0 spiro atoms. The van der Waals surface area contributed by atoms with Gasteiger partial charge in [0.2, 0.25) is 0 Å². The number of nitrogens with one attached hydrogen (secondary N) is 1. The van der Waals surface area contributed by atoms with Crippen LogP contribution in [0.15, 0.2) is 0 Å². The van der Waals surface area contributed by atoms with Crippen molar-refractivity contribution in [2.24, 2.45) is 0 Å². The van der Waals surface area contributed by atoms with Crippen LogP contribution in [0.25, 0.3) is 0 Å². The molecule has 2 nitrogen and oxygen atoms in total. The van der Waals surface area contributed by atoms with Crippen LogP contribution in [-0.4, -0.2) is 18.3 Å². The number of rotatable bonds is 8. The number of hydrogen-bond donors (Lipinski definition) is 1. The third-order valence-electron chi connectivity index (χ3n) is 1.83. The van der Waals surface area contributed by atoms with Gasteiger partial charge in [-0.1, -0.05) is 32.1 Å². The van der Waals surface area contributed by atoms with Gasteiger partial charge in [0, 0.05) is 13.2 Å². The third kappa shape index (κ3) is 9.92. The van der Waals surface area contributed by atoms with Crippen LogP contribution in [0.3, 0.4) is 0 Å². The first-order valence-corrected chi connectivity index (χ1v) is 4.67. The highest BCUT2D eigenvalue weighted by atomic mass is 16.2. The van der Waals surface area contributed by atoms with E-state index in [0.717, 1.165) is 19.3 Å². The Morgan fingerprint density at radius 3 is 1.64 bits per heavy atom. The predicted octanol–water partition coefficient (Wildman–Crippen LogP) is 1.99. The Morgan fingerprint density at radius 2 is 1.18 bits per heavy atom. The van der Waals surface area contributed by atoms with Crippen LogP contribution in [0.5, 0.6) is 0 Å². The van der Waals surface area contributed by atoms with Crippen LogP contribution in [0.4, 0.5) is 0 Å². The molecule has 0 saturated heterocycles. The van der Waals surface area contributed by atoms with Crippen LogP contribution >= 0.6 is 0 Å². The van der Waals surface area contributed by atoms with Crippen molar-refractivity contribution in [1.29, 1.82) is 0 Å². The fourth-order valence-electron chi connectivity index (χ4n) is 1.12. The largest absolute Gasteiger partial charge is 0.396 e. The summed E-state index contributed by atoms with van der Waals surface area (Å²) in [5, 5.41) is 8.48. The summed E-state index contributed by atoms with van der Waals surface area (Å²) in [5.74, 6) is 0. The van der Waals surface area contributed by atoms with E-state index in [1.165, 1.54) is 25.7 Å². The summed E-state index contributed by atoms with van der Waals surface area (Å²) in [6, 6.07) is 0. The van der Waals surface area contributed by atoms with Gasteiger partial charge in [0.25, 0.3) is 0 Å². The second kappa shape index (κ2) is 9.92. The SMILES string of the molecule is [NH]CCCCCCCCCO. The highest BCUT2D eigenvalue weighted by molar-refractivity contribution is 4.45. The minimum absolute atomic E-state index is 0.340. The second-order valence-corrected chi connectivity index (χ2v) is 2.95. The Bertz CT molecular complexity index is 58.6. The van der Waals surface area contributed by atoms with Gasteiger partial charge in [0.15, 0.2) is 0 Å². The lowest BCUT2D eigenvalue weighted by Gasteiger charge is -1.98. The zero-order valence-electron chi connectivity index (χ0n) is 7.31. The van der Waals surface area contributed by atoms with Crippen molar-refractivity contribution in [2.45, 2.75) is 44.9 Å². The Balaban J connectivity index is 2.69. The van der Waals surface area contributed by atoms with Gasteiger partial charge >= 0.3 is 0 Å². The quantitative estimate of drug-likeness (QED) is 0.539. The molecule has 2 heteroatoms. The lowest BCUT2D eigenvalue weighted by Crippen LogP contribution is -1.86. The first-order chi connectivity index (χ1) is 5.41. The number of hydrogen-bond acceptors (Lipinski definition) is 1. The Labute approximate surface area is 69.8 Å². The van der Waals surface area contributed by atoms with Gasteiger partial charge in [-0.25, -0.2) is 0 Å². The summed E-state index contributed by atoms with van der Waals surface area (Å²) in [6.07, 6.45) is 8.18. The van der Waals surface area contributed by atoms with Crippen LogP contribution in [0.1, 0.15) is 44.9 Å². The monoisotopic (exact) mass is 158 g/mol. The van der Waals surface area contributed by atoms with Crippen molar-refractivity contribution >= 4 is 0 Å². The smallest absolute Gasteiger partial charge is 0.0431 e. The summed E-state index contributed by atoms with van der Waals surface area (Å²) in [4.78, 5) is 0. The van der Waals surface area contributed by atoms with Gasteiger partial charge in [-0.05, 0) is 12.8 Å². The minimum atomic E-state index is 0.340. The molecule has 0 saturated carbocycles. The summed E-state index contributed by atoms with van der Waals surface area (Å²) in [5.41, 5.74) is 6.92. The molecule has 0 bridgehead atoms. The van der Waals surface area contributed by atoms with Crippen molar-refractivity contribution in [3.05, 3.63) is 0 Å². The van der Waals surface area contributed by atoms with Crippen LogP contribution in [0.2, 0.25) is 0 Å². The molecule has 0 rings (SSSR count). The van der Waals surface area contributed by atoms with Gasteiger partial charge in [0.1, 0.15) is 0 Å². The predicted molar refractivity (Wildman–Crippen MR) is 47.4 cm³/mol. The average Bonchev–Trinajstić information content (AvgIpc) is 2.03. The Kier molecular flexibility index (Phi) is 9.85. The second-order valence-electron chi connectivity index (χ2n) is 2.95. The third-order valence-corrected chi connectivity index (χ3v) is 1.83. The van der Waals surface area contributed by atoms with Crippen LogP contribution in [-0.2, 0) is 0 Å². The number of unbranched alkanes of at least 4 members (excludes halogenated alkanes) is 6.